The summed E-state index contributed by atoms with van der Waals surface area (Å²) >= 11 is 0. The Kier molecular flexibility index (Phi) is 24.7. The Hall–Kier alpha value is -2.91. The summed E-state index contributed by atoms with van der Waals surface area (Å²) < 4.78 is 0. The average Bonchev–Trinajstić information content (AvgIpc) is 2.61. The molecule has 0 fully saturated rings. The molecule has 0 bridgehead atoms. The van der Waals surface area contributed by atoms with Crippen molar-refractivity contribution in [3.63, 3.8) is 0 Å². The smallest absolute Gasteiger partial charge is 0.537 e. The van der Waals surface area contributed by atoms with Gasteiger partial charge in [-0.1, -0.05) is 12.1 Å². The normalized spacial score (nSPS) is 8.62. The van der Waals surface area contributed by atoms with Gasteiger partial charge in [-0.05, 0) is 56.9 Å². The van der Waals surface area contributed by atoms with Crippen molar-refractivity contribution in [2.75, 3.05) is 0 Å². The molecule has 32 heavy (non-hydrogen) atoms. The van der Waals surface area contributed by atoms with E-state index in [1.165, 1.54) is 11.8 Å². The molecule has 0 aliphatic rings. The molecule has 1 radical (unpaired) electrons. The number of aliphatic carboxylic acids is 2. The second kappa shape index (κ2) is 20.0. The van der Waals surface area contributed by atoms with Gasteiger partial charge in [-0.25, -0.2) is 0 Å². The van der Waals surface area contributed by atoms with Gasteiger partial charge in [0.2, 0.25) is 0 Å². The third-order valence-electron chi connectivity index (χ3n) is 3.37. The molecule has 0 saturated carbocycles. The Morgan fingerprint density at radius 1 is 0.844 bits per heavy atom. The van der Waals surface area contributed by atoms with Crippen molar-refractivity contribution < 1.29 is 58.2 Å². The molecule has 2 heterocycles. The summed E-state index contributed by atoms with van der Waals surface area (Å²) in [5, 5.41) is 18.7. The number of carbonyl (C=O) groups is 2. The second-order valence-corrected chi connectivity index (χ2v) is 6.49. The summed E-state index contributed by atoms with van der Waals surface area (Å²) in [6.45, 7) is 8.33. The van der Waals surface area contributed by atoms with Crippen LogP contribution >= 0.6 is 0 Å². The van der Waals surface area contributed by atoms with E-state index < -0.39 is 11.9 Å². The molecule has 2 aromatic heterocycles. The van der Waals surface area contributed by atoms with Crippen LogP contribution in [-0.4, -0.2) is 43.3 Å². The fourth-order valence-corrected chi connectivity index (χ4v) is 2.01. The Morgan fingerprint density at radius 3 is 1.41 bits per heavy atom. The van der Waals surface area contributed by atoms with Crippen LogP contribution < -0.4 is 10.2 Å². The number of carboxylic acid groups (broad SMARTS) is 2. The van der Waals surface area contributed by atoms with Crippen LogP contribution in [0.5, 0.6) is 0 Å². The molecule has 181 valence electrons. The van der Waals surface area contributed by atoms with Crippen molar-refractivity contribution in [2.45, 2.75) is 39.4 Å². The molecule has 0 spiro atoms. The fourth-order valence-electron chi connectivity index (χ4n) is 2.01. The number of nitrogens with zero attached hydrogens (tertiary/aromatic N) is 3. The van der Waals surface area contributed by atoms with Crippen LogP contribution in [-0.2, 0) is 50.1 Å². The van der Waals surface area contributed by atoms with E-state index in [4.69, 9.17) is 0 Å². The molecule has 11 nitrogen and oxygen atoms in total. The minimum absolute atomic E-state index is 0. The molecular weight excluding hydrogens is 469 g/mol. The summed E-state index contributed by atoms with van der Waals surface area (Å²) in [5.41, 5.74) is 2.26. The predicted octanol–water partition coefficient (Wildman–Crippen LogP) is -3.73. The maximum Gasteiger partial charge on any atom is 3.00 e. The summed E-state index contributed by atoms with van der Waals surface area (Å²) in [5.74, 6) is -0.978. The first-order valence-electron chi connectivity index (χ1n) is 8.17. The Bertz CT molecular complexity index is 747. The van der Waals surface area contributed by atoms with E-state index in [-0.39, 0.29) is 43.9 Å². The van der Waals surface area contributed by atoms with Gasteiger partial charge in [0.25, 0.3) is 0 Å². The summed E-state index contributed by atoms with van der Waals surface area (Å²) in [6, 6.07) is 12.1. The van der Waals surface area contributed by atoms with Crippen molar-refractivity contribution in [3.8, 4) is 11.8 Å². The zero-order valence-electron chi connectivity index (χ0n) is 18.0. The second-order valence-electron chi connectivity index (χ2n) is 6.49. The summed E-state index contributed by atoms with van der Waals surface area (Å²) in [4.78, 5) is 29.9. The van der Waals surface area contributed by atoms with Gasteiger partial charge >= 0.3 is 16.5 Å². The van der Waals surface area contributed by atoms with Gasteiger partial charge in [0.15, 0.2) is 0 Å². The Morgan fingerprint density at radius 2 is 1.19 bits per heavy atom. The predicted molar refractivity (Wildman–Crippen MR) is 112 cm³/mol. The first-order chi connectivity index (χ1) is 12.7. The first-order valence-corrected chi connectivity index (χ1v) is 8.17. The minimum Gasteiger partial charge on any atom is -0.537 e. The third-order valence-corrected chi connectivity index (χ3v) is 3.37. The largest absolute Gasteiger partial charge is 3.00 e. The van der Waals surface area contributed by atoms with E-state index in [9.17, 15) is 19.8 Å². The van der Waals surface area contributed by atoms with Crippen molar-refractivity contribution in [3.05, 3.63) is 60.2 Å². The van der Waals surface area contributed by atoms with E-state index in [0.717, 1.165) is 24.5 Å². The molecule has 10 N–H and O–H groups in total. The molecule has 0 unspecified atom stereocenters. The van der Waals surface area contributed by atoms with E-state index in [1.807, 2.05) is 36.7 Å². The van der Waals surface area contributed by atoms with E-state index in [2.05, 4.69) is 47.8 Å². The monoisotopic (exact) mass is 499 g/mol. The first kappa shape index (κ1) is 39.6. The summed E-state index contributed by atoms with van der Waals surface area (Å²) in [7, 11) is 0. The Balaban J connectivity index is -0.000000165. The van der Waals surface area contributed by atoms with Gasteiger partial charge in [-0.15, -0.1) is 0 Å². The third kappa shape index (κ3) is 17.9. The molecule has 0 atom stereocenters. The van der Waals surface area contributed by atoms with Crippen LogP contribution in [0, 0.1) is 11.8 Å². The molecule has 0 amide bonds. The standard InChI is InChI=1S/C16H21N3.C4H2O4.Ni.4H2O/c1-16(2,3)19(12-14-8-4-6-10-17-14)13-15-9-5-7-11-18-15;5-3(6)1-2-4(7)8;;;;;/h4-11H,12-13H2,1-3H3;(H,5,6)(H,7,8);;4*1H2/q;;+3;;;;. The minimum atomic E-state index is -1.73. The number of rotatable bonds is 4. The molecule has 2 aromatic rings. The molecule has 0 aliphatic carbocycles. The van der Waals surface area contributed by atoms with E-state index in [0.29, 0.717) is 0 Å². The van der Waals surface area contributed by atoms with Crippen molar-refractivity contribution in [2.24, 2.45) is 0 Å². The molecule has 0 aliphatic heterocycles. The van der Waals surface area contributed by atoms with Crippen LogP contribution in [0.1, 0.15) is 32.2 Å². The molecule has 2 rings (SSSR count). The van der Waals surface area contributed by atoms with E-state index >= 15 is 0 Å². The summed E-state index contributed by atoms with van der Waals surface area (Å²) in [6.07, 6.45) is 3.69. The van der Waals surface area contributed by atoms with Crippen molar-refractivity contribution >= 4 is 11.9 Å². The molecule has 0 saturated heterocycles. The van der Waals surface area contributed by atoms with Crippen molar-refractivity contribution in [1.82, 2.24) is 14.9 Å². The topological polar surface area (TPSA) is 238 Å². The number of aromatic nitrogens is 2. The zero-order valence-corrected chi connectivity index (χ0v) is 19.0. The SMILES string of the molecule is CC(C)(C)N(Cc1ccccn1)Cc1ccccn1.O.O.O=C([O-])C#CC(=O)[O-].[Ni+3].[OH3+].[OH3+]. The molecule has 0 aromatic carbocycles. The van der Waals surface area contributed by atoms with Gasteiger partial charge in [-0.3, -0.25) is 14.9 Å². The van der Waals surface area contributed by atoms with Gasteiger partial charge in [0, 0.05) is 31.0 Å². The van der Waals surface area contributed by atoms with E-state index in [1.54, 1.807) is 0 Å². The van der Waals surface area contributed by atoms with Crippen LogP contribution in [0.2, 0.25) is 0 Å². The maximum absolute atomic E-state index is 9.33. The van der Waals surface area contributed by atoms with Gasteiger partial charge in [-0.2, -0.15) is 0 Å². The Labute approximate surface area is 196 Å². The average molecular weight is 500 g/mol. The fraction of sp³-hybridized carbons (Fsp3) is 0.300. The van der Waals surface area contributed by atoms with Crippen LogP contribution in [0.4, 0.5) is 0 Å². The van der Waals surface area contributed by atoms with Gasteiger partial charge < -0.3 is 41.7 Å². The molecular formula is C20H31N3NiO8+3. The number of pyridine rings is 2. The van der Waals surface area contributed by atoms with Crippen molar-refractivity contribution in [1.29, 1.82) is 0 Å². The van der Waals surface area contributed by atoms with Gasteiger partial charge in [0.1, 0.15) is 11.9 Å². The van der Waals surface area contributed by atoms with Crippen LogP contribution in [0.3, 0.4) is 0 Å². The maximum atomic E-state index is 9.33. The molecule has 12 heteroatoms. The number of carbonyl (C=O) groups excluding carboxylic acids is 2. The van der Waals surface area contributed by atoms with Gasteiger partial charge in [0.05, 0.1) is 11.4 Å². The number of hydrogen-bond donors (Lipinski definition) is 0. The van der Waals surface area contributed by atoms with Crippen LogP contribution in [0.15, 0.2) is 48.8 Å². The van der Waals surface area contributed by atoms with Crippen LogP contribution in [0.25, 0.3) is 0 Å². The number of carboxylic acids is 2. The number of hydrogen-bond acceptors (Lipinski definition) is 7. The zero-order chi connectivity index (χ0) is 20.3. The quantitative estimate of drug-likeness (QED) is 0.231.